The van der Waals surface area contributed by atoms with E-state index < -0.39 is 6.10 Å². The molecule has 0 aromatic heterocycles. The Kier molecular flexibility index (Phi) is 5.08. The minimum atomic E-state index is -0.669. The minimum Gasteiger partial charge on any atom is -0.396 e. The molecule has 1 atom stereocenters. The van der Waals surface area contributed by atoms with Crippen LogP contribution in [0.5, 0.6) is 0 Å². The van der Waals surface area contributed by atoms with Crippen molar-refractivity contribution in [1.29, 1.82) is 0 Å². The Morgan fingerprint density at radius 3 is 2.80 bits per heavy atom. The van der Waals surface area contributed by atoms with Crippen molar-refractivity contribution in [3.05, 3.63) is 29.6 Å². The molecule has 0 saturated carbocycles. The van der Waals surface area contributed by atoms with Gasteiger partial charge in [0.05, 0.1) is 6.10 Å². The van der Waals surface area contributed by atoms with Gasteiger partial charge in [0.15, 0.2) is 0 Å². The van der Waals surface area contributed by atoms with E-state index in [1.54, 1.807) is 19.1 Å². The molecule has 0 aliphatic carbocycles. The van der Waals surface area contributed by atoms with Gasteiger partial charge in [-0.15, -0.1) is 11.8 Å². The lowest BCUT2D eigenvalue weighted by Crippen LogP contribution is -1.97. The third-order valence-corrected chi connectivity index (χ3v) is 3.21. The summed E-state index contributed by atoms with van der Waals surface area (Å²) in [6.07, 6.45) is -0.0459. The predicted molar refractivity (Wildman–Crippen MR) is 59.5 cm³/mol. The zero-order chi connectivity index (χ0) is 11.3. The van der Waals surface area contributed by atoms with E-state index in [1.807, 2.05) is 0 Å². The Morgan fingerprint density at radius 1 is 1.47 bits per heavy atom. The molecule has 0 radical (unpaired) electrons. The van der Waals surface area contributed by atoms with Crippen molar-refractivity contribution in [2.75, 3.05) is 12.4 Å². The molecule has 4 heteroatoms. The summed E-state index contributed by atoms with van der Waals surface area (Å²) < 4.78 is 13.4. The van der Waals surface area contributed by atoms with Gasteiger partial charge in [-0.25, -0.2) is 4.39 Å². The molecule has 1 aromatic carbocycles. The largest absolute Gasteiger partial charge is 0.396 e. The number of aliphatic hydroxyl groups excluding tert-OH is 2. The number of hydrogen-bond acceptors (Lipinski definition) is 3. The Bertz CT molecular complexity index is 315. The first-order chi connectivity index (χ1) is 7.16. The fraction of sp³-hybridized carbons (Fsp3) is 0.455. The van der Waals surface area contributed by atoms with Gasteiger partial charge in [0, 0.05) is 17.3 Å². The van der Waals surface area contributed by atoms with Crippen LogP contribution in [0.4, 0.5) is 4.39 Å². The first-order valence-electron chi connectivity index (χ1n) is 4.87. The summed E-state index contributed by atoms with van der Waals surface area (Å²) in [4.78, 5) is 0.487. The van der Waals surface area contributed by atoms with Gasteiger partial charge in [-0.3, -0.25) is 0 Å². The summed E-state index contributed by atoms with van der Waals surface area (Å²) in [7, 11) is 0. The van der Waals surface area contributed by atoms with E-state index in [1.165, 1.54) is 17.8 Å². The molecule has 0 aliphatic heterocycles. The number of thioether (sulfide) groups is 1. The molecule has 0 aliphatic rings. The van der Waals surface area contributed by atoms with Crippen LogP contribution in [0.25, 0.3) is 0 Å². The van der Waals surface area contributed by atoms with Crippen molar-refractivity contribution in [2.45, 2.75) is 24.3 Å². The maximum Gasteiger partial charge on any atom is 0.137 e. The van der Waals surface area contributed by atoms with Crippen molar-refractivity contribution in [3.63, 3.8) is 0 Å². The summed E-state index contributed by atoms with van der Waals surface area (Å²) in [6.45, 7) is 1.72. The van der Waals surface area contributed by atoms with E-state index in [-0.39, 0.29) is 12.4 Å². The van der Waals surface area contributed by atoms with Gasteiger partial charge in [0.25, 0.3) is 0 Å². The lowest BCUT2D eigenvalue weighted by molar-refractivity contribution is 0.195. The smallest absolute Gasteiger partial charge is 0.137 e. The molecule has 0 amide bonds. The maximum absolute atomic E-state index is 13.4. The summed E-state index contributed by atoms with van der Waals surface area (Å²) in [5, 5.41) is 18.1. The number of rotatable bonds is 5. The summed E-state index contributed by atoms with van der Waals surface area (Å²) in [6, 6.07) is 4.69. The fourth-order valence-electron chi connectivity index (χ4n) is 1.25. The first-order valence-corrected chi connectivity index (χ1v) is 5.85. The third kappa shape index (κ3) is 3.48. The molecule has 1 aromatic rings. The normalized spacial score (nSPS) is 12.8. The Hall–Kier alpha value is -0.580. The fourth-order valence-corrected chi connectivity index (χ4v) is 2.33. The second kappa shape index (κ2) is 6.10. The molecule has 0 bridgehead atoms. The number of benzene rings is 1. The van der Waals surface area contributed by atoms with Crippen molar-refractivity contribution in [1.82, 2.24) is 0 Å². The molecule has 1 rings (SSSR count). The van der Waals surface area contributed by atoms with E-state index in [0.717, 1.165) is 0 Å². The lowest BCUT2D eigenvalue weighted by atomic mass is 10.1. The highest BCUT2D eigenvalue weighted by Crippen LogP contribution is 2.30. The van der Waals surface area contributed by atoms with E-state index >= 15 is 0 Å². The zero-order valence-corrected chi connectivity index (χ0v) is 9.43. The Morgan fingerprint density at radius 2 is 2.20 bits per heavy atom. The van der Waals surface area contributed by atoms with Crippen LogP contribution in [0.15, 0.2) is 23.1 Å². The molecule has 2 nitrogen and oxygen atoms in total. The van der Waals surface area contributed by atoms with Crippen LogP contribution in [-0.2, 0) is 0 Å². The lowest BCUT2D eigenvalue weighted by Gasteiger charge is -2.11. The summed E-state index contributed by atoms with van der Waals surface area (Å²) in [5.74, 6) is 0.341. The summed E-state index contributed by atoms with van der Waals surface area (Å²) in [5.41, 5.74) is 0.609. The first kappa shape index (κ1) is 12.5. The van der Waals surface area contributed by atoms with Gasteiger partial charge in [-0.2, -0.15) is 0 Å². The van der Waals surface area contributed by atoms with Crippen LogP contribution >= 0.6 is 11.8 Å². The zero-order valence-electron chi connectivity index (χ0n) is 8.61. The second-order valence-corrected chi connectivity index (χ2v) is 4.36. The minimum absolute atomic E-state index is 0.103. The third-order valence-electron chi connectivity index (χ3n) is 2.00. The maximum atomic E-state index is 13.4. The standard InChI is InChI=1S/C11H15FO2S/c1-8(14)9-4-2-5-10(12)11(9)15-7-3-6-13/h2,4-5,8,13-14H,3,6-7H2,1H3/t8-/m0/s1. The average molecular weight is 230 g/mol. The van der Waals surface area contributed by atoms with E-state index in [2.05, 4.69) is 0 Å². The van der Waals surface area contributed by atoms with Gasteiger partial charge < -0.3 is 10.2 Å². The highest BCUT2D eigenvalue weighted by atomic mass is 32.2. The molecule has 2 N–H and O–H groups in total. The molecule has 0 fully saturated rings. The topological polar surface area (TPSA) is 40.5 Å². The molecule has 0 spiro atoms. The van der Waals surface area contributed by atoms with Crippen molar-refractivity contribution < 1.29 is 14.6 Å². The van der Waals surface area contributed by atoms with Gasteiger partial charge in [-0.1, -0.05) is 12.1 Å². The average Bonchev–Trinajstić information content (AvgIpc) is 2.20. The Balaban J connectivity index is 2.82. The molecule has 84 valence electrons. The Labute approximate surface area is 93.1 Å². The number of hydrogen-bond donors (Lipinski definition) is 2. The number of aliphatic hydroxyl groups is 2. The van der Waals surface area contributed by atoms with Crippen LogP contribution in [0.1, 0.15) is 25.0 Å². The summed E-state index contributed by atoms with van der Waals surface area (Å²) >= 11 is 1.33. The molecular weight excluding hydrogens is 215 g/mol. The molecular formula is C11H15FO2S. The monoisotopic (exact) mass is 230 g/mol. The van der Waals surface area contributed by atoms with Gasteiger partial charge >= 0.3 is 0 Å². The predicted octanol–water partition coefficient (Wildman–Crippen LogP) is 2.35. The van der Waals surface area contributed by atoms with Crippen molar-refractivity contribution in [2.24, 2.45) is 0 Å². The van der Waals surface area contributed by atoms with E-state index in [4.69, 9.17) is 5.11 Å². The van der Waals surface area contributed by atoms with Crippen LogP contribution in [0, 0.1) is 5.82 Å². The van der Waals surface area contributed by atoms with Crippen LogP contribution in [0.3, 0.4) is 0 Å². The highest BCUT2D eigenvalue weighted by Gasteiger charge is 2.12. The molecule has 0 unspecified atom stereocenters. The van der Waals surface area contributed by atoms with E-state index in [9.17, 15) is 9.50 Å². The van der Waals surface area contributed by atoms with Crippen LogP contribution in [0.2, 0.25) is 0 Å². The van der Waals surface area contributed by atoms with Crippen LogP contribution < -0.4 is 0 Å². The second-order valence-electron chi connectivity index (χ2n) is 3.26. The van der Waals surface area contributed by atoms with E-state index in [0.29, 0.717) is 22.6 Å². The van der Waals surface area contributed by atoms with Gasteiger partial charge in [-0.05, 0) is 25.0 Å². The molecule has 0 heterocycles. The molecule has 0 saturated heterocycles. The van der Waals surface area contributed by atoms with Gasteiger partial charge in [0.1, 0.15) is 5.82 Å². The highest BCUT2D eigenvalue weighted by molar-refractivity contribution is 7.99. The van der Waals surface area contributed by atoms with Crippen molar-refractivity contribution in [3.8, 4) is 0 Å². The van der Waals surface area contributed by atoms with Gasteiger partial charge in [0.2, 0.25) is 0 Å². The van der Waals surface area contributed by atoms with Crippen molar-refractivity contribution >= 4 is 11.8 Å². The SMILES string of the molecule is C[C@H](O)c1cccc(F)c1SCCCO. The number of halogens is 1. The molecule has 15 heavy (non-hydrogen) atoms. The quantitative estimate of drug-likeness (QED) is 0.602. The van der Waals surface area contributed by atoms with Crippen LogP contribution in [-0.4, -0.2) is 22.6 Å².